The number of amides is 1. The van der Waals surface area contributed by atoms with E-state index in [-0.39, 0.29) is 19.4 Å². The number of carbonyl (C=O) groups is 1. The van der Waals surface area contributed by atoms with Gasteiger partial charge in [0.2, 0.25) is 5.91 Å². The molecule has 2 heterocycles. The molecule has 1 amide bonds. The molecular weight excluding hydrogens is 526 g/mol. The molecule has 0 aromatic carbocycles. The molecule has 16 N–H and O–H groups in total. The van der Waals surface area contributed by atoms with Gasteiger partial charge in [-0.1, -0.05) is 0 Å². The van der Waals surface area contributed by atoms with E-state index in [1.54, 1.807) is 6.92 Å². The molecule has 0 aromatic rings. The fraction of sp³-hybridized carbons (Fsp3) is 0.955. The van der Waals surface area contributed by atoms with Gasteiger partial charge < -0.3 is 82.9 Å². The number of nitrogens with two attached hydrogens (primary N) is 4. The summed E-state index contributed by atoms with van der Waals surface area (Å²) in [6.45, 7) is 0.930. The largest absolute Gasteiger partial charge is 0.394 e. The van der Waals surface area contributed by atoms with Gasteiger partial charge in [0.25, 0.3) is 0 Å². The molecule has 3 aliphatic rings. The first-order valence-electron chi connectivity index (χ1n) is 12.9. The molecule has 3 fully saturated rings. The molecule has 1 saturated carbocycles. The van der Waals surface area contributed by atoms with E-state index in [0.29, 0.717) is 0 Å². The van der Waals surface area contributed by atoms with Gasteiger partial charge in [0.15, 0.2) is 12.6 Å². The van der Waals surface area contributed by atoms with Crippen molar-refractivity contribution in [2.75, 3.05) is 13.2 Å². The van der Waals surface area contributed by atoms with Crippen LogP contribution in [-0.4, -0.2) is 153 Å². The lowest BCUT2D eigenvalue weighted by molar-refractivity contribution is -0.310. The molecule has 0 aromatic heterocycles. The molecule has 17 heteroatoms. The Kier molecular flexibility index (Phi) is 11.4. The molecule has 228 valence electrons. The van der Waals surface area contributed by atoms with Crippen LogP contribution in [0.1, 0.15) is 19.8 Å². The highest BCUT2D eigenvalue weighted by Crippen LogP contribution is 2.33. The van der Waals surface area contributed by atoms with Crippen molar-refractivity contribution in [3.05, 3.63) is 0 Å². The third-order valence-corrected chi connectivity index (χ3v) is 7.38. The maximum Gasteiger partial charge on any atom is 0.249 e. The highest BCUT2D eigenvalue weighted by Gasteiger charge is 2.53. The molecule has 0 radical (unpaired) electrons. The Morgan fingerprint density at radius 1 is 0.974 bits per heavy atom. The number of aliphatic hydroxyl groups excluding tert-OH is 7. The summed E-state index contributed by atoms with van der Waals surface area (Å²) in [5.74, 6) is -0.806. The lowest BCUT2D eigenvalue weighted by atomic mass is 9.83. The van der Waals surface area contributed by atoms with Gasteiger partial charge in [-0.2, -0.15) is 0 Å². The van der Waals surface area contributed by atoms with Crippen LogP contribution in [-0.2, 0) is 23.7 Å². The Bertz CT molecular complexity index is 799. The van der Waals surface area contributed by atoms with Crippen LogP contribution < -0.4 is 28.3 Å². The van der Waals surface area contributed by atoms with Crippen LogP contribution in [0.3, 0.4) is 0 Å². The van der Waals surface area contributed by atoms with Crippen LogP contribution in [0, 0.1) is 0 Å². The van der Waals surface area contributed by atoms with E-state index in [0.717, 1.165) is 0 Å². The van der Waals surface area contributed by atoms with Gasteiger partial charge in [-0.05, 0) is 26.3 Å². The highest BCUT2D eigenvalue weighted by atomic mass is 16.7. The van der Waals surface area contributed by atoms with Crippen LogP contribution in [0.2, 0.25) is 0 Å². The van der Waals surface area contributed by atoms with E-state index in [9.17, 15) is 40.5 Å². The number of hydrogen-bond donors (Lipinski definition) is 12. The third kappa shape index (κ3) is 7.03. The van der Waals surface area contributed by atoms with Crippen LogP contribution in [0.25, 0.3) is 0 Å². The lowest BCUT2D eigenvalue weighted by Gasteiger charge is -2.47. The number of hydrogen-bond acceptors (Lipinski definition) is 16. The highest BCUT2D eigenvalue weighted by molar-refractivity contribution is 5.80. The summed E-state index contributed by atoms with van der Waals surface area (Å²) in [5.41, 5.74) is 23.6. The standard InChI is InChI=1S/C22H43N5O12/c1-6(24)17-15(33)16(34)22(37-17)39-19-12(30)8(27-20(35)9(29)2-3-23)4-7(25)18(19)38-21-11(26)14(32)13(31)10(5-28)36-21/h6-19,21-22,28-34H,2-5,23-26H2,1H3,(H,27,35)/t6-,7?,8-,9+,10?,11?,12?,13-,14?,15?,16?,17-,18-,19?,21-,22+/m1/s1. The molecule has 1 aliphatic carbocycles. The van der Waals surface area contributed by atoms with Crippen LogP contribution in [0.5, 0.6) is 0 Å². The molecule has 2 saturated heterocycles. The number of rotatable bonds is 10. The van der Waals surface area contributed by atoms with Crippen molar-refractivity contribution in [2.24, 2.45) is 22.9 Å². The summed E-state index contributed by atoms with van der Waals surface area (Å²) in [6.07, 6.45) is -17.0. The first kappa shape index (κ1) is 32.4. The van der Waals surface area contributed by atoms with Gasteiger partial charge in [-0.15, -0.1) is 0 Å². The van der Waals surface area contributed by atoms with E-state index in [4.69, 9.17) is 41.9 Å². The summed E-state index contributed by atoms with van der Waals surface area (Å²) < 4.78 is 22.9. The topological polar surface area (TPSA) is 312 Å². The predicted octanol–water partition coefficient (Wildman–Crippen LogP) is -7.40. The molecule has 16 atom stereocenters. The van der Waals surface area contributed by atoms with Crippen molar-refractivity contribution >= 4 is 5.91 Å². The van der Waals surface area contributed by atoms with E-state index < -0.39 is 110 Å². The number of nitrogens with one attached hydrogen (secondary N) is 1. The fourth-order valence-corrected chi connectivity index (χ4v) is 5.04. The van der Waals surface area contributed by atoms with E-state index in [2.05, 4.69) is 5.32 Å². The Morgan fingerprint density at radius 3 is 2.18 bits per heavy atom. The summed E-state index contributed by atoms with van der Waals surface area (Å²) in [4.78, 5) is 12.4. The normalized spacial score (nSPS) is 46.6. The average Bonchev–Trinajstić information content (AvgIpc) is 3.17. The molecule has 39 heavy (non-hydrogen) atoms. The zero-order valence-corrected chi connectivity index (χ0v) is 21.5. The summed E-state index contributed by atoms with van der Waals surface area (Å²) in [6, 6.07) is -4.04. The minimum absolute atomic E-state index is 0.0257. The molecule has 0 spiro atoms. The Labute approximate surface area is 224 Å². The van der Waals surface area contributed by atoms with Crippen molar-refractivity contribution in [2.45, 2.75) is 118 Å². The minimum Gasteiger partial charge on any atom is -0.394 e. The van der Waals surface area contributed by atoms with Crippen LogP contribution in [0.15, 0.2) is 0 Å². The molecule has 0 bridgehead atoms. The van der Waals surface area contributed by atoms with E-state index in [1.165, 1.54) is 0 Å². The van der Waals surface area contributed by atoms with Gasteiger partial charge in [-0.25, -0.2) is 0 Å². The second kappa shape index (κ2) is 13.7. The predicted molar refractivity (Wildman–Crippen MR) is 130 cm³/mol. The summed E-state index contributed by atoms with van der Waals surface area (Å²) in [5, 5.41) is 74.5. The second-order valence-corrected chi connectivity index (χ2v) is 10.4. The molecule has 17 nitrogen and oxygen atoms in total. The van der Waals surface area contributed by atoms with Crippen molar-refractivity contribution in [1.82, 2.24) is 5.32 Å². The third-order valence-electron chi connectivity index (χ3n) is 7.38. The maximum absolute atomic E-state index is 12.4. The second-order valence-electron chi connectivity index (χ2n) is 10.4. The SMILES string of the molecule is C[C@@H](N)[C@H]1O[C@@H](OC2C(O)[C@H](NC(=O)[C@@H](O)CCN)CC(N)[C@H]2O[C@H]2OC(CO)[C@@H](O)C(O)C2N)C(O)C1O. The van der Waals surface area contributed by atoms with Crippen molar-refractivity contribution in [3.63, 3.8) is 0 Å². The number of carbonyl (C=O) groups excluding carboxylic acids is 1. The lowest BCUT2D eigenvalue weighted by Crippen LogP contribution is -2.69. The van der Waals surface area contributed by atoms with E-state index >= 15 is 0 Å². The molecule has 2 aliphatic heterocycles. The van der Waals surface area contributed by atoms with Crippen LogP contribution >= 0.6 is 0 Å². The Hall–Kier alpha value is -1.13. The van der Waals surface area contributed by atoms with Gasteiger partial charge >= 0.3 is 0 Å². The molecular formula is C22H43N5O12. The minimum atomic E-state index is -1.57. The average molecular weight is 570 g/mol. The number of aliphatic hydroxyl groups is 7. The molecule has 8 unspecified atom stereocenters. The smallest absolute Gasteiger partial charge is 0.249 e. The quantitative estimate of drug-likeness (QED) is 0.116. The van der Waals surface area contributed by atoms with Crippen molar-refractivity contribution < 1.29 is 59.5 Å². The first-order chi connectivity index (χ1) is 18.3. The van der Waals surface area contributed by atoms with Gasteiger partial charge in [0.1, 0.15) is 61.0 Å². The fourth-order valence-electron chi connectivity index (χ4n) is 5.04. The zero-order valence-electron chi connectivity index (χ0n) is 21.5. The monoisotopic (exact) mass is 569 g/mol. The van der Waals surface area contributed by atoms with Gasteiger partial charge in [-0.3, -0.25) is 4.79 Å². The summed E-state index contributed by atoms with van der Waals surface area (Å²) in [7, 11) is 0. The molecule has 3 rings (SSSR count). The zero-order chi connectivity index (χ0) is 29.2. The van der Waals surface area contributed by atoms with Gasteiger partial charge in [0.05, 0.1) is 18.7 Å². The van der Waals surface area contributed by atoms with Gasteiger partial charge in [0, 0.05) is 12.1 Å². The summed E-state index contributed by atoms with van der Waals surface area (Å²) >= 11 is 0. The van der Waals surface area contributed by atoms with Crippen molar-refractivity contribution in [1.29, 1.82) is 0 Å². The Balaban J connectivity index is 1.85. The van der Waals surface area contributed by atoms with Crippen molar-refractivity contribution in [3.8, 4) is 0 Å². The van der Waals surface area contributed by atoms with E-state index in [1.807, 2.05) is 0 Å². The maximum atomic E-state index is 12.4. The number of ether oxygens (including phenoxy) is 4. The first-order valence-corrected chi connectivity index (χ1v) is 12.9. The Morgan fingerprint density at radius 2 is 1.62 bits per heavy atom. The van der Waals surface area contributed by atoms with Crippen LogP contribution in [0.4, 0.5) is 0 Å².